The van der Waals surface area contributed by atoms with Crippen LogP contribution in [0, 0.1) is 0 Å². The molecule has 0 bridgehead atoms. The lowest BCUT2D eigenvalue weighted by atomic mass is 10.1. The fourth-order valence-electron chi connectivity index (χ4n) is 3.11. The van der Waals surface area contributed by atoms with Crippen LogP contribution in [0.4, 0.5) is 0 Å². The van der Waals surface area contributed by atoms with E-state index in [1.807, 2.05) is 12.1 Å². The fraction of sp³-hybridized carbons (Fsp3) is 0.421. The van der Waals surface area contributed by atoms with Gasteiger partial charge in [0.15, 0.2) is 6.61 Å². The maximum Gasteiger partial charge on any atom is 0.258 e. The molecule has 1 aromatic carbocycles. The van der Waals surface area contributed by atoms with E-state index in [0.717, 1.165) is 18.8 Å². The summed E-state index contributed by atoms with van der Waals surface area (Å²) in [5.74, 6) is 1.05. The molecular weight excluding hydrogens is 375 g/mol. The Labute approximate surface area is 163 Å². The van der Waals surface area contributed by atoms with E-state index in [1.54, 1.807) is 24.5 Å². The van der Waals surface area contributed by atoms with Crippen molar-refractivity contribution >= 4 is 29.1 Å². The summed E-state index contributed by atoms with van der Waals surface area (Å²) in [7, 11) is 0. The molecule has 1 N–H and O–H groups in total. The van der Waals surface area contributed by atoms with Gasteiger partial charge in [-0.25, -0.2) is 0 Å². The molecule has 0 aliphatic carbocycles. The maximum atomic E-state index is 12.2. The molecule has 0 saturated carbocycles. The van der Waals surface area contributed by atoms with Gasteiger partial charge in [-0.2, -0.15) is 0 Å². The van der Waals surface area contributed by atoms with Crippen molar-refractivity contribution in [2.45, 2.75) is 25.3 Å². The first-order valence-corrected chi connectivity index (χ1v) is 9.51. The van der Waals surface area contributed by atoms with Crippen LogP contribution in [0.25, 0.3) is 0 Å². The minimum absolute atomic E-state index is 0.0315. The second-order valence-corrected chi connectivity index (χ2v) is 7.14. The lowest BCUT2D eigenvalue weighted by molar-refractivity contribution is -0.123. The Bertz CT molecular complexity index is 716. The summed E-state index contributed by atoms with van der Waals surface area (Å²) in [5.41, 5.74) is 0. The van der Waals surface area contributed by atoms with Gasteiger partial charge in [0.2, 0.25) is 0 Å². The molecule has 5 nitrogen and oxygen atoms in total. The predicted octanol–water partition coefficient (Wildman–Crippen LogP) is 4.31. The number of amides is 1. The number of nitrogens with zero attached hydrogens (tertiary/aromatic N) is 1. The first-order chi connectivity index (χ1) is 12.6. The first-order valence-electron chi connectivity index (χ1n) is 8.75. The molecule has 1 unspecified atom stereocenters. The van der Waals surface area contributed by atoms with E-state index in [4.69, 9.17) is 32.4 Å². The number of likely N-dealkylation sites (tertiary alicyclic amines) is 1. The van der Waals surface area contributed by atoms with E-state index in [9.17, 15) is 4.79 Å². The molecule has 3 rings (SSSR count). The van der Waals surface area contributed by atoms with Crippen LogP contribution in [0.3, 0.4) is 0 Å². The highest BCUT2D eigenvalue weighted by Crippen LogP contribution is 2.28. The van der Waals surface area contributed by atoms with Gasteiger partial charge in [0, 0.05) is 17.6 Å². The summed E-state index contributed by atoms with van der Waals surface area (Å²) in [6.07, 6.45) is 5.25. The molecule has 2 aromatic rings. The van der Waals surface area contributed by atoms with Crippen molar-refractivity contribution < 1.29 is 13.9 Å². The lowest BCUT2D eigenvalue weighted by Gasteiger charge is -2.33. The average molecular weight is 397 g/mol. The Hall–Kier alpha value is -1.69. The first kappa shape index (κ1) is 19.1. The molecule has 1 fully saturated rings. The minimum atomic E-state index is -0.213. The van der Waals surface area contributed by atoms with Gasteiger partial charge in [-0.05, 0) is 50.2 Å². The third-order valence-electron chi connectivity index (χ3n) is 4.45. The zero-order valence-corrected chi connectivity index (χ0v) is 15.9. The van der Waals surface area contributed by atoms with Crippen LogP contribution in [0.2, 0.25) is 10.0 Å². The highest BCUT2D eigenvalue weighted by molar-refractivity contribution is 6.34. The lowest BCUT2D eigenvalue weighted by Crippen LogP contribution is -2.41. The van der Waals surface area contributed by atoms with Gasteiger partial charge in [-0.15, -0.1) is 0 Å². The standard InChI is InChI=1S/C19H22Cl2N2O3/c20-14-6-7-15(21)18(11-14)26-13-19(24)22-12-16(17-5-4-10-25-17)23-8-2-1-3-9-23/h4-7,10-11,16H,1-3,8-9,12-13H2,(H,22,24). The molecule has 7 heteroatoms. The molecule has 1 atom stereocenters. The Balaban J connectivity index is 1.54. The van der Waals surface area contributed by atoms with E-state index >= 15 is 0 Å². The average Bonchev–Trinajstić information content (AvgIpc) is 3.18. The predicted molar refractivity (Wildman–Crippen MR) is 102 cm³/mol. The smallest absolute Gasteiger partial charge is 0.258 e. The molecule has 0 radical (unpaired) electrons. The maximum absolute atomic E-state index is 12.2. The Morgan fingerprint density at radius 2 is 2.04 bits per heavy atom. The van der Waals surface area contributed by atoms with Crippen LogP contribution >= 0.6 is 23.2 Å². The summed E-state index contributed by atoms with van der Waals surface area (Å²) < 4.78 is 11.1. The largest absolute Gasteiger partial charge is 0.482 e. The number of halogens is 2. The monoisotopic (exact) mass is 396 g/mol. The number of nitrogens with one attached hydrogen (secondary N) is 1. The van der Waals surface area contributed by atoms with Crippen LogP contribution in [-0.4, -0.2) is 37.0 Å². The van der Waals surface area contributed by atoms with Gasteiger partial charge in [0.25, 0.3) is 5.91 Å². The van der Waals surface area contributed by atoms with Crippen LogP contribution in [-0.2, 0) is 4.79 Å². The molecule has 140 valence electrons. The highest BCUT2D eigenvalue weighted by atomic mass is 35.5. The van der Waals surface area contributed by atoms with Crippen molar-refractivity contribution in [1.82, 2.24) is 10.2 Å². The second-order valence-electron chi connectivity index (χ2n) is 6.30. The Kier molecular flexibility index (Phi) is 6.83. The molecule has 1 saturated heterocycles. The van der Waals surface area contributed by atoms with Gasteiger partial charge >= 0.3 is 0 Å². The topological polar surface area (TPSA) is 54.7 Å². The van der Waals surface area contributed by atoms with E-state index in [-0.39, 0.29) is 18.6 Å². The van der Waals surface area contributed by atoms with Crippen LogP contribution in [0.5, 0.6) is 5.75 Å². The van der Waals surface area contributed by atoms with Crippen molar-refractivity contribution in [3.05, 3.63) is 52.4 Å². The van der Waals surface area contributed by atoms with E-state index < -0.39 is 0 Å². The number of rotatable bonds is 7. The molecule has 0 spiro atoms. The molecule has 1 aliphatic heterocycles. The number of carbonyl (C=O) groups is 1. The van der Waals surface area contributed by atoms with Crippen LogP contribution < -0.4 is 10.1 Å². The summed E-state index contributed by atoms with van der Waals surface area (Å²) in [6.45, 7) is 2.37. The fourth-order valence-corrected chi connectivity index (χ4v) is 3.45. The minimum Gasteiger partial charge on any atom is -0.482 e. The summed E-state index contributed by atoms with van der Waals surface area (Å²) in [6, 6.07) is 8.76. The van der Waals surface area contributed by atoms with E-state index in [0.29, 0.717) is 22.3 Å². The third kappa shape index (κ3) is 5.16. The molecular formula is C19H22Cl2N2O3. The number of hydrogen-bond donors (Lipinski definition) is 1. The van der Waals surface area contributed by atoms with Gasteiger partial charge in [0.1, 0.15) is 11.5 Å². The molecule has 26 heavy (non-hydrogen) atoms. The quantitative estimate of drug-likeness (QED) is 0.757. The van der Waals surface area contributed by atoms with Crippen molar-refractivity contribution in [2.24, 2.45) is 0 Å². The molecule has 1 aromatic heterocycles. The van der Waals surface area contributed by atoms with Crippen molar-refractivity contribution in [3.8, 4) is 5.75 Å². The van der Waals surface area contributed by atoms with E-state index in [2.05, 4.69) is 10.2 Å². The molecule has 2 heterocycles. The van der Waals surface area contributed by atoms with Crippen LogP contribution in [0.1, 0.15) is 31.1 Å². The number of carbonyl (C=O) groups excluding carboxylic acids is 1. The second kappa shape index (κ2) is 9.31. The SMILES string of the molecule is O=C(COc1cc(Cl)ccc1Cl)NCC(c1ccco1)N1CCCCC1. The molecule has 1 amide bonds. The van der Waals surface area contributed by atoms with Gasteiger partial charge in [-0.3, -0.25) is 9.69 Å². The number of ether oxygens (including phenoxy) is 1. The van der Waals surface area contributed by atoms with Gasteiger partial charge < -0.3 is 14.5 Å². The normalized spacial score (nSPS) is 16.2. The zero-order valence-electron chi connectivity index (χ0n) is 14.4. The van der Waals surface area contributed by atoms with E-state index in [1.165, 1.54) is 19.3 Å². The molecule has 1 aliphatic rings. The van der Waals surface area contributed by atoms with Crippen molar-refractivity contribution in [1.29, 1.82) is 0 Å². The Morgan fingerprint density at radius 1 is 1.23 bits per heavy atom. The summed E-state index contributed by atoms with van der Waals surface area (Å²) in [5, 5.41) is 3.86. The van der Waals surface area contributed by atoms with Crippen LogP contribution in [0.15, 0.2) is 41.0 Å². The number of piperidine rings is 1. The van der Waals surface area contributed by atoms with Crippen molar-refractivity contribution in [3.63, 3.8) is 0 Å². The van der Waals surface area contributed by atoms with Crippen molar-refractivity contribution in [2.75, 3.05) is 26.2 Å². The van der Waals surface area contributed by atoms with Gasteiger partial charge in [-0.1, -0.05) is 29.6 Å². The summed E-state index contributed by atoms with van der Waals surface area (Å²) in [4.78, 5) is 14.6. The third-order valence-corrected chi connectivity index (χ3v) is 4.99. The number of furan rings is 1. The highest BCUT2D eigenvalue weighted by Gasteiger charge is 2.24. The number of benzene rings is 1. The number of hydrogen-bond acceptors (Lipinski definition) is 4. The zero-order chi connectivity index (χ0) is 18.4. The summed E-state index contributed by atoms with van der Waals surface area (Å²) >= 11 is 12.0. The van der Waals surface area contributed by atoms with Gasteiger partial charge in [0.05, 0.1) is 17.3 Å². The Morgan fingerprint density at radius 3 is 2.77 bits per heavy atom.